The van der Waals surface area contributed by atoms with Crippen molar-refractivity contribution in [3.63, 3.8) is 0 Å². The second kappa shape index (κ2) is 7.69. The summed E-state index contributed by atoms with van der Waals surface area (Å²) in [7, 11) is 0. The molecule has 0 aliphatic rings. The average Bonchev–Trinajstić information content (AvgIpc) is 2.55. The molecule has 0 heterocycles. The van der Waals surface area contributed by atoms with Gasteiger partial charge in [0.1, 0.15) is 0 Å². The van der Waals surface area contributed by atoms with Crippen molar-refractivity contribution in [1.29, 1.82) is 0 Å². The van der Waals surface area contributed by atoms with Crippen molar-refractivity contribution in [2.24, 2.45) is 0 Å². The predicted molar refractivity (Wildman–Crippen MR) is 88.5 cm³/mol. The van der Waals surface area contributed by atoms with Crippen LogP contribution in [0.1, 0.15) is 22.8 Å². The lowest BCUT2D eigenvalue weighted by molar-refractivity contribution is -0.137. The number of halogens is 3. The quantitative estimate of drug-likeness (QED) is 0.776. The second-order valence-electron chi connectivity index (χ2n) is 5.06. The molecule has 0 saturated heterocycles. The molecule has 25 heavy (non-hydrogen) atoms. The zero-order valence-electron chi connectivity index (χ0n) is 13.3. The summed E-state index contributed by atoms with van der Waals surface area (Å²) in [5, 5.41) is 7.35. The fraction of sp³-hybridized carbons (Fsp3) is 0.176. The highest BCUT2D eigenvalue weighted by Crippen LogP contribution is 2.32. The first-order valence-corrected chi connectivity index (χ1v) is 7.43. The molecule has 0 bridgehead atoms. The Bertz CT molecular complexity index is 761. The fourth-order valence-electron chi connectivity index (χ4n) is 2.08. The molecule has 0 fully saturated rings. The highest BCUT2D eigenvalue weighted by molar-refractivity contribution is 6.06. The maximum atomic E-state index is 12.9. The number of nitrogens with one attached hydrogen (secondary N) is 3. The molecule has 0 aromatic heterocycles. The van der Waals surface area contributed by atoms with Gasteiger partial charge in [0.05, 0.1) is 16.8 Å². The minimum Gasteiger partial charge on any atom is -0.352 e. The van der Waals surface area contributed by atoms with E-state index in [0.29, 0.717) is 11.8 Å². The Balaban J connectivity index is 2.26. The molecule has 2 aromatic carbocycles. The molecule has 2 rings (SSSR count). The lowest BCUT2D eigenvalue weighted by Gasteiger charge is -2.14. The first-order valence-electron chi connectivity index (χ1n) is 7.43. The lowest BCUT2D eigenvalue weighted by Crippen LogP contribution is -2.26. The van der Waals surface area contributed by atoms with Gasteiger partial charge in [-0.25, -0.2) is 4.79 Å². The molecule has 3 N–H and O–H groups in total. The predicted octanol–water partition coefficient (Wildman–Crippen LogP) is 4.10. The highest BCUT2D eigenvalue weighted by atomic mass is 19.4. The molecule has 0 aliphatic heterocycles. The third-order valence-corrected chi connectivity index (χ3v) is 3.21. The van der Waals surface area contributed by atoms with Crippen molar-refractivity contribution < 1.29 is 22.8 Å². The maximum Gasteiger partial charge on any atom is 0.416 e. The van der Waals surface area contributed by atoms with E-state index in [1.54, 1.807) is 37.3 Å². The van der Waals surface area contributed by atoms with Crippen LogP contribution >= 0.6 is 0 Å². The van der Waals surface area contributed by atoms with E-state index in [-0.39, 0.29) is 17.8 Å². The van der Waals surface area contributed by atoms with Gasteiger partial charge in [-0.1, -0.05) is 18.2 Å². The monoisotopic (exact) mass is 351 g/mol. The number of hydrogen-bond donors (Lipinski definition) is 3. The number of hydrogen-bond acceptors (Lipinski definition) is 2. The smallest absolute Gasteiger partial charge is 0.352 e. The normalized spacial score (nSPS) is 10.9. The van der Waals surface area contributed by atoms with Crippen LogP contribution in [-0.4, -0.2) is 18.5 Å². The van der Waals surface area contributed by atoms with Gasteiger partial charge < -0.3 is 16.0 Å². The Morgan fingerprint density at radius 1 is 1.00 bits per heavy atom. The molecule has 0 spiro atoms. The van der Waals surface area contributed by atoms with Crippen molar-refractivity contribution in [2.75, 3.05) is 17.2 Å². The number of para-hydroxylation sites is 1. The first kappa shape index (κ1) is 18.3. The Morgan fingerprint density at radius 2 is 1.68 bits per heavy atom. The van der Waals surface area contributed by atoms with E-state index in [1.807, 2.05) is 0 Å². The molecule has 3 amide bonds. The van der Waals surface area contributed by atoms with E-state index in [2.05, 4.69) is 16.0 Å². The van der Waals surface area contributed by atoms with Crippen LogP contribution in [-0.2, 0) is 6.18 Å². The van der Waals surface area contributed by atoms with E-state index in [1.165, 1.54) is 0 Å². The van der Waals surface area contributed by atoms with Crippen molar-refractivity contribution >= 4 is 23.3 Å². The summed E-state index contributed by atoms with van der Waals surface area (Å²) in [4.78, 5) is 24.1. The molecule has 0 aliphatic carbocycles. The number of anilines is 2. The molecule has 0 atom stereocenters. The summed E-state index contributed by atoms with van der Waals surface area (Å²) < 4.78 is 38.6. The Labute approximate surface area is 142 Å². The molecule has 8 heteroatoms. The Morgan fingerprint density at radius 3 is 2.28 bits per heavy atom. The number of amides is 3. The molecule has 0 saturated carbocycles. The minimum atomic E-state index is -4.59. The molecule has 5 nitrogen and oxygen atoms in total. The molecular formula is C17H16F3N3O2. The lowest BCUT2D eigenvalue weighted by atomic mass is 10.1. The van der Waals surface area contributed by atoms with Crippen molar-refractivity contribution in [3.05, 3.63) is 59.7 Å². The van der Waals surface area contributed by atoms with Gasteiger partial charge in [-0.15, -0.1) is 0 Å². The van der Waals surface area contributed by atoms with Crippen LogP contribution in [0.25, 0.3) is 0 Å². The SMILES string of the molecule is CCNC(=O)c1cc(C(F)(F)F)ccc1NC(=O)Nc1ccccc1. The van der Waals surface area contributed by atoms with E-state index in [9.17, 15) is 22.8 Å². The van der Waals surface area contributed by atoms with E-state index < -0.39 is 23.7 Å². The van der Waals surface area contributed by atoms with Gasteiger partial charge in [0.2, 0.25) is 0 Å². The van der Waals surface area contributed by atoms with Gasteiger partial charge >= 0.3 is 12.2 Å². The summed E-state index contributed by atoms with van der Waals surface area (Å²) >= 11 is 0. The van der Waals surface area contributed by atoms with Gasteiger partial charge in [-0.2, -0.15) is 13.2 Å². The fourth-order valence-corrected chi connectivity index (χ4v) is 2.08. The van der Waals surface area contributed by atoms with Crippen LogP contribution < -0.4 is 16.0 Å². The highest BCUT2D eigenvalue weighted by Gasteiger charge is 2.32. The van der Waals surface area contributed by atoms with Crippen LogP contribution in [0.3, 0.4) is 0 Å². The molecular weight excluding hydrogens is 335 g/mol. The Hall–Kier alpha value is -3.03. The van der Waals surface area contributed by atoms with Crippen molar-refractivity contribution in [1.82, 2.24) is 5.32 Å². The molecule has 132 valence electrons. The number of carbonyl (C=O) groups is 2. The third kappa shape index (κ3) is 4.97. The first-order chi connectivity index (χ1) is 11.8. The summed E-state index contributed by atoms with van der Waals surface area (Å²) in [6.45, 7) is 1.88. The second-order valence-corrected chi connectivity index (χ2v) is 5.06. The molecule has 2 aromatic rings. The number of urea groups is 1. The van der Waals surface area contributed by atoms with E-state index in [0.717, 1.165) is 12.1 Å². The summed E-state index contributed by atoms with van der Waals surface area (Å²) in [5.74, 6) is -0.705. The minimum absolute atomic E-state index is 0.0209. The number of rotatable bonds is 4. The Kier molecular flexibility index (Phi) is 5.63. The third-order valence-electron chi connectivity index (χ3n) is 3.21. The van der Waals surface area contributed by atoms with Gasteiger partial charge in [0, 0.05) is 12.2 Å². The zero-order chi connectivity index (χ0) is 18.4. The van der Waals surface area contributed by atoms with Crippen LogP contribution in [0.15, 0.2) is 48.5 Å². The number of carbonyl (C=O) groups excluding carboxylic acids is 2. The van der Waals surface area contributed by atoms with Crippen molar-refractivity contribution in [3.8, 4) is 0 Å². The largest absolute Gasteiger partial charge is 0.416 e. The topological polar surface area (TPSA) is 70.2 Å². The van der Waals surface area contributed by atoms with Crippen LogP contribution in [0.2, 0.25) is 0 Å². The molecule has 0 radical (unpaired) electrons. The van der Waals surface area contributed by atoms with Crippen molar-refractivity contribution in [2.45, 2.75) is 13.1 Å². The van der Waals surface area contributed by atoms with E-state index >= 15 is 0 Å². The summed E-state index contributed by atoms with van der Waals surface area (Å²) in [6, 6.07) is 10.4. The van der Waals surface area contributed by atoms with Gasteiger partial charge in [-0.05, 0) is 37.3 Å². The van der Waals surface area contributed by atoms with Gasteiger partial charge in [-0.3, -0.25) is 4.79 Å². The van der Waals surface area contributed by atoms with Gasteiger partial charge in [0.15, 0.2) is 0 Å². The van der Waals surface area contributed by atoms with E-state index in [4.69, 9.17) is 0 Å². The number of benzene rings is 2. The van der Waals surface area contributed by atoms with Crippen LogP contribution in [0, 0.1) is 0 Å². The maximum absolute atomic E-state index is 12.9. The molecule has 0 unspecified atom stereocenters. The standard InChI is InChI=1S/C17H16F3N3O2/c1-2-21-15(24)13-10-11(17(18,19)20)8-9-14(13)23-16(25)22-12-6-4-3-5-7-12/h3-10H,2H2,1H3,(H,21,24)(H2,22,23,25). The number of alkyl halides is 3. The summed E-state index contributed by atoms with van der Waals surface area (Å²) in [6.07, 6.45) is -4.59. The van der Waals surface area contributed by atoms with Gasteiger partial charge in [0.25, 0.3) is 5.91 Å². The van der Waals surface area contributed by atoms with Crippen LogP contribution in [0.4, 0.5) is 29.3 Å². The summed E-state index contributed by atoms with van der Waals surface area (Å²) in [5.41, 5.74) is -0.749. The zero-order valence-corrected chi connectivity index (χ0v) is 13.3. The average molecular weight is 351 g/mol. The van der Waals surface area contributed by atoms with Crippen LogP contribution in [0.5, 0.6) is 0 Å².